The van der Waals surface area contributed by atoms with Gasteiger partial charge in [0.05, 0.1) is 0 Å². The van der Waals surface area contributed by atoms with Crippen molar-refractivity contribution in [1.29, 1.82) is 0 Å². The molecule has 6 heteroatoms. The third-order valence-electron chi connectivity index (χ3n) is 3.50. The van der Waals surface area contributed by atoms with Gasteiger partial charge < -0.3 is 14.7 Å². The second-order valence-corrected chi connectivity index (χ2v) is 5.21. The highest BCUT2D eigenvalue weighted by Gasteiger charge is 2.16. The van der Waals surface area contributed by atoms with Gasteiger partial charge in [-0.1, -0.05) is 0 Å². The SMILES string of the molecule is O=CN1CCCN(C[C@H](O)COc2ccc(F)cc2)CC1. The Morgan fingerprint density at radius 1 is 1.24 bits per heavy atom. The molecule has 1 aliphatic rings. The highest BCUT2D eigenvalue weighted by atomic mass is 19.1. The van der Waals surface area contributed by atoms with E-state index in [-0.39, 0.29) is 12.4 Å². The number of nitrogens with zero attached hydrogens (tertiary/aromatic N) is 2. The number of carbonyl (C=O) groups is 1. The number of aliphatic hydroxyl groups is 1. The summed E-state index contributed by atoms with van der Waals surface area (Å²) in [6.45, 7) is 3.74. The van der Waals surface area contributed by atoms with Crippen molar-refractivity contribution in [3.05, 3.63) is 30.1 Å². The van der Waals surface area contributed by atoms with Gasteiger partial charge in [0.25, 0.3) is 0 Å². The molecule has 5 nitrogen and oxygen atoms in total. The first-order valence-corrected chi connectivity index (χ1v) is 7.15. The van der Waals surface area contributed by atoms with Gasteiger partial charge >= 0.3 is 0 Å². The molecule has 1 fully saturated rings. The molecule has 1 heterocycles. The zero-order chi connectivity index (χ0) is 15.1. The normalized spacial score (nSPS) is 18.1. The molecule has 1 amide bonds. The molecule has 0 bridgehead atoms. The number of rotatable bonds is 6. The van der Waals surface area contributed by atoms with Crippen molar-refractivity contribution in [3.63, 3.8) is 0 Å². The van der Waals surface area contributed by atoms with Crippen LogP contribution in [0.2, 0.25) is 0 Å². The van der Waals surface area contributed by atoms with E-state index >= 15 is 0 Å². The third kappa shape index (κ3) is 5.32. The van der Waals surface area contributed by atoms with E-state index < -0.39 is 6.10 Å². The largest absolute Gasteiger partial charge is 0.491 e. The van der Waals surface area contributed by atoms with Crippen molar-refractivity contribution in [2.24, 2.45) is 0 Å². The summed E-state index contributed by atoms with van der Waals surface area (Å²) >= 11 is 0. The zero-order valence-electron chi connectivity index (χ0n) is 11.9. The summed E-state index contributed by atoms with van der Waals surface area (Å²) in [4.78, 5) is 14.6. The lowest BCUT2D eigenvalue weighted by molar-refractivity contribution is -0.118. The maximum Gasteiger partial charge on any atom is 0.209 e. The standard InChI is InChI=1S/C15H21FN2O3/c16-13-2-4-15(5-3-13)21-11-14(20)10-17-6-1-7-18(12-19)9-8-17/h2-5,12,14,20H,1,6-11H2/t14-/m0/s1. The summed E-state index contributed by atoms with van der Waals surface area (Å²) in [5, 5.41) is 10.0. The van der Waals surface area contributed by atoms with Gasteiger partial charge in [0.2, 0.25) is 6.41 Å². The van der Waals surface area contributed by atoms with Gasteiger partial charge in [-0.15, -0.1) is 0 Å². The van der Waals surface area contributed by atoms with Crippen LogP contribution in [0.25, 0.3) is 0 Å². The fourth-order valence-corrected chi connectivity index (χ4v) is 2.35. The minimum atomic E-state index is -0.613. The summed E-state index contributed by atoms with van der Waals surface area (Å²) in [7, 11) is 0. The molecule has 0 aliphatic carbocycles. The van der Waals surface area contributed by atoms with Crippen LogP contribution in [0, 0.1) is 5.82 Å². The molecule has 116 valence electrons. The Labute approximate surface area is 123 Å². The average Bonchev–Trinajstić information content (AvgIpc) is 2.72. The van der Waals surface area contributed by atoms with Crippen LogP contribution < -0.4 is 4.74 Å². The van der Waals surface area contributed by atoms with E-state index in [0.29, 0.717) is 18.8 Å². The molecule has 1 aromatic carbocycles. The van der Waals surface area contributed by atoms with E-state index in [0.717, 1.165) is 32.5 Å². The number of benzene rings is 1. The predicted octanol–water partition coefficient (Wildman–Crippen LogP) is 0.729. The first-order chi connectivity index (χ1) is 10.2. The van der Waals surface area contributed by atoms with Crippen LogP contribution in [0.3, 0.4) is 0 Å². The van der Waals surface area contributed by atoms with E-state index in [4.69, 9.17) is 4.74 Å². The molecule has 0 radical (unpaired) electrons. The first kappa shape index (κ1) is 15.7. The maximum atomic E-state index is 12.8. The highest BCUT2D eigenvalue weighted by Crippen LogP contribution is 2.11. The number of aliphatic hydroxyl groups excluding tert-OH is 1. The monoisotopic (exact) mass is 296 g/mol. The molecule has 0 spiro atoms. The van der Waals surface area contributed by atoms with Crippen LogP contribution in [0.1, 0.15) is 6.42 Å². The zero-order valence-corrected chi connectivity index (χ0v) is 11.9. The fourth-order valence-electron chi connectivity index (χ4n) is 2.35. The molecule has 0 aromatic heterocycles. The van der Waals surface area contributed by atoms with Crippen LogP contribution in [0.4, 0.5) is 4.39 Å². The van der Waals surface area contributed by atoms with Crippen molar-refractivity contribution in [2.45, 2.75) is 12.5 Å². The molecule has 1 atom stereocenters. The van der Waals surface area contributed by atoms with Crippen LogP contribution >= 0.6 is 0 Å². The van der Waals surface area contributed by atoms with E-state index in [1.165, 1.54) is 24.3 Å². The second kappa shape index (κ2) is 7.95. The minimum Gasteiger partial charge on any atom is -0.491 e. The molecular formula is C15H21FN2O3. The summed E-state index contributed by atoms with van der Waals surface area (Å²) in [6.07, 6.45) is 1.17. The maximum absolute atomic E-state index is 12.8. The van der Waals surface area contributed by atoms with Crippen molar-refractivity contribution < 1.29 is 19.0 Å². The quantitative estimate of drug-likeness (QED) is 0.786. The number of ether oxygens (including phenoxy) is 1. The molecule has 0 saturated carbocycles. The van der Waals surface area contributed by atoms with Crippen molar-refractivity contribution in [3.8, 4) is 5.75 Å². The predicted molar refractivity (Wildman–Crippen MR) is 76.6 cm³/mol. The van der Waals surface area contributed by atoms with E-state index in [2.05, 4.69) is 4.90 Å². The molecule has 1 aliphatic heterocycles. The van der Waals surface area contributed by atoms with Crippen LogP contribution in [-0.4, -0.2) is 66.8 Å². The van der Waals surface area contributed by atoms with Crippen molar-refractivity contribution in [2.75, 3.05) is 39.3 Å². The van der Waals surface area contributed by atoms with Crippen LogP contribution in [0.5, 0.6) is 5.75 Å². The third-order valence-corrected chi connectivity index (χ3v) is 3.50. The lowest BCUT2D eigenvalue weighted by atomic mass is 10.3. The Balaban J connectivity index is 1.72. The van der Waals surface area contributed by atoms with E-state index in [1.807, 2.05) is 0 Å². The summed E-state index contributed by atoms with van der Waals surface area (Å²) in [5.74, 6) is 0.227. The van der Waals surface area contributed by atoms with Gasteiger partial charge in [-0.05, 0) is 37.2 Å². The highest BCUT2D eigenvalue weighted by molar-refractivity contribution is 5.46. The molecular weight excluding hydrogens is 275 g/mol. The Bertz CT molecular complexity index is 441. The van der Waals surface area contributed by atoms with Crippen LogP contribution in [0.15, 0.2) is 24.3 Å². The Kier molecular flexibility index (Phi) is 5.95. The number of hydrogen-bond donors (Lipinski definition) is 1. The summed E-state index contributed by atoms with van der Waals surface area (Å²) in [6, 6.07) is 5.72. The molecule has 1 saturated heterocycles. The Morgan fingerprint density at radius 3 is 2.71 bits per heavy atom. The van der Waals surface area contributed by atoms with Gasteiger partial charge in [-0.3, -0.25) is 9.69 Å². The van der Waals surface area contributed by atoms with Crippen LogP contribution in [-0.2, 0) is 4.79 Å². The van der Waals surface area contributed by atoms with Gasteiger partial charge in [0.1, 0.15) is 24.3 Å². The minimum absolute atomic E-state index is 0.166. The second-order valence-electron chi connectivity index (χ2n) is 5.21. The lowest BCUT2D eigenvalue weighted by Gasteiger charge is -2.23. The Morgan fingerprint density at radius 2 is 2.00 bits per heavy atom. The van der Waals surface area contributed by atoms with Crippen molar-refractivity contribution in [1.82, 2.24) is 9.80 Å². The number of β-amino-alcohol motifs (C(OH)–C–C–N with tert-alkyl or cyclic N) is 1. The number of amides is 1. The summed E-state index contributed by atoms with van der Waals surface area (Å²) in [5.41, 5.74) is 0. The number of halogens is 1. The summed E-state index contributed by atoms with van der Waals surface area (Å²) < 4.78 is 18.2. The average molecular weight is 296 g/mol. The van der Waals surface area contributed by atoms with Gasteiger partial charge in [-0.2, -0.15) is 0 Å². The Hall–Kier alpha value is -1.66. The number of hydrogen-bond acceptors (Lipinski definition) is 4. The molecule has 21 heavy (non-hydrogen) atoms. The van der Waals surface area contributed by atoms with E-state index in [1.54, 1.807) is 4.90 Å². The topological polar surface area (TPSA) is 53.0 Å². The van der Waals surface area contributed by atoms with Crippen molar-refractivity contribution >= 4 is 6.41 Å². The van der Waals surface area contributed by atoms with Gasteiger partial charge in [0.15, 0.2) is 0 Å². The molecule has 1 N–H and O–H groups in total. The first-order valence-electron chi connectivity index (χ1n) is 7.15. The molecule has 1 aromatic rings. The number of carbonyl (C=O) groups excluding carboxylic acids is 1. The fraction of sp³-hybridized carbons (Fsp3) is 0.533. The van der Waals surface area contributed by atoms with E-state index in [9.17, 15) is 14.3 Å². The smallest absolute Gasteiger partial charge is 0.209 e. The lowest BCUT2D eigenvalue weighted by Crippen LogP contribution is -2.38. The van der Waals surface area contributed by atoms with Gasteiger partial charge in [-0.25, -0.2) is 4.39 Å². The molecule has 2 rings (SSSR count). The molecule has 0 unspecified atom stereocenters. The van der Waals surface area contributed by atoms with Gasteiger partial charge in [0, 0.05) is 26.2 Å².